The molecule has 2 N–H and O–H groups in total. The third-order valence-corrected chi connectivity index (χ3v) is 9.52. The Hall–Kier alpha value is -4.48. The number of aryl methyl sites for hydroxylation is 1. The molecule has 2 aromatic carbocycles. The SMILES string of the molecule is Cn1ccc2c(=O)n(CC3(O)CCN(C(=O)[C@@H]4CCN(C(=O)c5cccc(NC(=O)CCl)c5)C[C@H]4c4ccccc4)CC3)cnc21. The molecule has 0 radical (unpaired) electrons. The smallest absolute Gasteiger partial charge is 0.262 e. The first-order valence-electron chi connectivity index (χ1n) is 15.5. The summed E-state index contributed by atoms with van der Waals surface area (Å²) in [5.74, 6) is -1.25. The van der Waals surface area contributed by atoms with Crippen LogP contribution in [0.1, 0.15) is 41.1 Å². The lowest BCUT2D eigenvalue weighted by molar-refractivity contribution is -0.142. The molecule has 2 aliphatic heterocycles. The van der Waals surface area contributed by atoms with Crippen LogP contribution in [0.5, 0.6) is 0 Å². The Bertz CT molecular complexity index is 1810. The molecule has 2 saturated heterocycles. The number of nitrogens with one attached hydrogen (secondary N) is 1. The van der Waals surface area contributed by atoms with Crippen molar-refractivity contribution in [2.24, 2.45) is 13.0 Å². The third-order valence-electron chi connectivity index (χ3n) is 9.28. The van der Waals surface area contributed by atoms with E-state index in [1.165, 1.54) is 10.9 Å². The fourth-order valence-electron chi connectivity index (χ4n) is 6.72. The standard InChI is InChI=1S/C34H37ClN6O5/c1-38-14-10-27-30(38)36-22-41(33(27)45)21-34(46)12-16-39(17-13-34)32(44)26-11-15-40(20-28(26)23-6-3-2-4-7-23)31(43)24-8-5-9-25(18-24)37-29(42)19-35/h2-10,14,18,22,26,28,46H,11-13,15-17,19-21H2,1H3,(H,37,42)/t26-,28+/m1/s1. The van der Waals surface area contributed by atoms with Crippen molar-refractivity contribution < 1.29 is 19.5 Å². The van der Waals surface area contributed by atoms with Gasteiger partial charge in [0.25, 0.3) is 11.5 Å². The number of aromatic nitrogens is 3. The number of aliphatic hydroxyl groups is 1. The normalized spacial score (nSPS) is 19.6. The van der Waals surface area contributed by atoms with Crippen LogP contribution in [0.25, 0.3) is 11.0 Å². The Kier molecular flexibility index (Phi) is 8.97. The minimum atomic E-state index is -1.14. The third kappa shape index (κ3) is 6.43. The van der Waals surface area contributed by atoms with Gasteiger partial charge in [0.15, 0.2) is 0 Å². The maximum Gasteiger partial charge on any atom is 0.262 e. The molecule has 6 rings (SSSR count). The van der Waals surface area contributed by atoms with Gasteiger partial charge in [-0.2, -0.15) is 0 Å². The summed E-state index contributed by atoms with van der Waals surface area (Å²) in [6, 6.07) is 18.3. The van der Waals surface area contributed by atoms with Crippen LogP contribution in [0.3, 0.4) is 0 Å². The highest BCUT2D eigenvalue weighted by Gasteiger charge is 2.41. The molecule has 4 heterocycles. The lowest BCUT2D eigenvalue weighted by atomic mass is 9.79. The van der Waals surface area contributed by atoms with Gasteiger partial charge in [-0.05, 0) is 49.1 Å². The fraction of sp³-hybridized carbons (Fsp3) is 0.382. The zero-order valence-corrected chi connectivity index (χ0v) is 26.4. The summed E-state index contributed by atoms with van der Waals surface area (Å²) < 4.78 is 3.24. The molecule has 0 bridgehead atoms. The van der Waals surface area contributed by atoms with E-state index in [4.69, 9.17) is 11.6 Å². The van der Waals surface area contributed by atoms with Crippen LogP contribution in [0.4, 0.5) is 5.69 Å². The number of hydrogen-bond donors (Lipinski definition) is 2. The highest BCUT2D eigenvalue weighted by atomic mass is 35.5. The van der Waals surface area contributed by atoms with E-state index in [-0.39, 0.29) is 47.5 Å². The molecule has 0 saturated carbocycles. The van der Waals surface area contributed by atoms with E-state index < -0.39 is 5.60 Å². The molecule has 2 atom stereocenters. The molecular formula is C34H37ClN6O5. The number of halogens is 1. The maximum absolute atomic E-state index is 14.1. The van der Waals surface area contributed by atoms with Crippen molar-refractivity contribution in [3.8, 4) is 0 Å². The molecule has 0 unspecified atom stereocenters. The van der Waals surface area contributed by atoms with E-state index in [2.05, 4.69) is 10.3 Å². The second-order valence-corrected chi connectivity index (χ2v) is 12.6. The molecule has 11 nitrogen and oxygen atoms in total. The van der Waals surface area contributed by atoms with Crippen molar-refractivity contribution in [2.75, 3.05) is 37.4 Å². The van der Waals surface area contributed by atoms with Gasteiger partial charge in [-0.1, -0.05) is 36.4 Å². The van der Waals surface area contributed by atoms with E-state index in [0.29, 0.717) is 67.7 Å². The number of benzene rings is 2. The Morgan fingerprint density at radius 3 is 2.52 bits per heavy atom. The Labute approximate surface area is 271 Å². The lowest BCUT2D eigenvalue weighted by Crippen LogP contribution is -2.53. The van der Waals surface area contributed by atoms with Gasteiger partial charge in [0.2, 0.25) is 11.8 Å². The number of fused-ring (bicyclic) bond motifs is 1. The molecule has 0 spiro atoms. The van der Waals surface area contributed by atoms with Gasteiger partial charge in [0.1, 0.15) is 17.9 Å². The van der Waals surface area contributed by atoms with Gasteiger partial charge < -0.3 is 24.8 Å². The van der Waals surface area contributed by atoms with Crippen LogP contribution >= 0.6 is 11.6 Å². The van der Waals surface area contributed by atoms with Crippen molar-refractivity contribution in [2.45, 2.75) is 37.3 Å². The van der Waals surface area contributed by atoms with Crippen LogP contribution < -0.4 is 10.9 Å². The van der Waals surface area contributed by atoms with Crippen molar-refractivity contribution in [1.29, 1.82) is 0 Å². The molecular weight excluding hydrogens is 608 g/mol. The summed E-state index contributed by atoms with van der Waals surface area (Å²) >= 11 is 5.62. The number of anilines is 1. The Morgan fingerprint density at radius 1 is 1.02 bits per heavy atom. The Morgan fingerprint density at radius 2 is 1.78 bits per heavy atom. The van der Waals surface area contributed by atoms with Crippen molar-refractivity contribution in [3.63, 3.8) is 0 Å². The number of carbonyl (C=O) groups is 3. The molecule has 12 heteroatoms. The number of carbonyl (C=O) groups excluding carboxylic acids is 3. The first-order chi connectivity index (χ1) is 22.2. The first kappa shape index (κ1) is 31.5. The van der Waals surface area contributed by atoms with E-state index in [9.17, 15) is 24.3 Å². The van der Waals surface area contributed by atoms with Crippen molar-refractivity contribution in [3.05, 3.63) is 94.7 Å². The zero-order valence-electron chi connectivity index (χ0n) is 25.6. The van der Waals surface area contributed by atoms with Crippen LogP contribution in [0.2, 0.25) is 0 Å². The summed E-state index contributed by atoms with van der Waals surface area (Å²) in [5, 5.41) is 14.6. The summed E-state index contributed by atoms with van der Waals surface area (Å²) in [7, 11) is 1.83. The first-order valence-corrected chi connectivity index (χ1v) is 16.0. The van der Waals surface area contributed by atoms with Gasteiger partial charge in [-0.3, -0.25) is 23.7 Å². The lowest BCUT2D eigenvalue weighted by Gasteiger charge is -2.43. The predicted molar refractivity (Wildman–Crippen MR) is 175 cm³/mol. The molecule has 2 aromatic heterocycles. The fourth-order valence-corrected chi connectivity index (χ4v) is 6.79. The van der Waals surface area contributed by atoms with Gasteiger partial charge in [0.05, 0.1) is 17.5 Å². The number of rotatable bonds is 7. The van der Waals surface area contributed by atoms with Crippen LogP contribution in [0.15, 0.2) is 78.0 Å². The van der Waals surface area contributed by atoms with Crippen molar-refractivity contribution >= 4 is 46.0 Å². The quantitative estimate of drug-likeness (QED) is 0.297. The number of piperidine rings is 2. The van der Waals surface area contributed by atoms with Gasteiger partial charge in [-0.15, -0.1) is 11.6 Å². The number of amides is 3. The summed E-state index contributed by atoms with van der Waals surface area (Å²) in [6.45, 7) is 1.62. The van der Waals surface area contributed by atoms with Crippen LogP contribution in [-0.4, -0.2) is 84.4 Å². The van der Waals surface area contributed by atoms with Crippen LogP contribution in [-0.2, 0) is 23.2 Å². The highest BCUT2D eigenvalue weighted by molar-refractivity contribution is 6.29. The molecule has 4 aromatic rings. The average molecular weight is 645 g/mol. The largest absolute Gasteiger partial charge is 0.388 e. The molecule has 2 aliphatic rings. The van der Waals surface area contributed by atoms with Crippen molar-refractivity contribution in [1.82, 2.24) is 23.9 Å². The zero-order chi connectivity index (χ0) is 32.4. The van der Waals surface area contributed by atoms with E-state index in [0.717, 1.165) is 5.56 Å². The number of alkyl halides is 1. The summed E-state index contributed by atoms with van der Waals surface area (Å²) in [4.78, 5) is 60.4. The molecule has 0 aliphatic carbocycles. The molecule has 3 amide bonds. The summed E-state index contributed by atoms with van der Waals surface area (Å²) in [5.41, 5.74) is 1.18. The van der Waals surface area contributed by atoms with Gasteiger partial charge in [-0.25, -0.2) is 4.98 Å². The predicted octanol–water partition coefficient (Wildman–Crippen LogP) is 3.21. The minimum absolute atomic E-state index is 0.0123. The Balaban J connectivity index is 1.14. The highest BCUT2D eigenvalue weighted by Crippen LogP contribution is 2.36. The molecule has 240 valence electrons. The number of likely N-dealkylation sites (tertiary alicyclic amines) is 2. The van der Waals surface area contributed by atoms with E-state index in [1.807, 2.05) is 42.3 Å². The van der Waals surface area contributed by atoms with Crippen LogP contribution in [0, 0.1) is 5.92 Å². The number of nitrogens with zero attached hydrogens (tertiary/aromatic N) is 5. The monoisotopic (exact) mass is 644 g/mol. The maximum atomic E-state index is 14.1. The number of hydrogen-bond acceptors (Lipinski definition) is 6. The van der Waals surface area contributed by atoms with Gasteiger partial charge >= 0.3 is 0 Å². The van der Waals surface area contributed by atoms with Gasteiger partial charge in [0, 0.05) is 62.5 Å². The second kappa shape index (κ2) is 13.1. The topological polar surface area (TPSA) is 130 Å². The minimum Gasteiger partial charge on any atom is -0.388 e. The second-order valence-electron chi connectivity index (χ2n) is 12.3. The molecule has 46 heavy (non-hydrogen) atoms. The molecule has 2 fully saturated rings. The van der Waals surface area contributed by atoms with E-state index >= 15 is 0 Å². The average Bonchev–Trinajstić information content (AvgIpc) is 3.46. The van der Waals surface area contributed by atoms with E-state index in [1.54, 1.807) is 46.0 Å². The summed E-state index contributed by atoms with van der Waals surface area (Å²) in [6.07, 6.45) is 4.43.